The van der Waals surface area contributed by atoms with Crippen LogP contribution in [0.25, 0.3) is 0 Å². The molecule has 5 nitrogen and oxygen atoms in total. The third-order valence-corrected chi connectivity index (χ3v) is 4.52. The summed E-state index contributed by atoms with van der Waals surface area (Å²) in [6.45, 7) is 2.85. The summed E-state index contributed by atoms with van der Waals surface area (Å²) >= 11 is 0. The Kier molecular flexibility index (Phi) is 5.00. The van der Waals surface area contributed by atoms with E-state index in [1.165, 1.54) is 0 Å². The van der Waals surface area contributed by atoms with Crippen molar-refractivity contribution < 1.29 is 17.0 Å². The minimum atomic E-state index is -3.51. The fourth-order valence-corrected chi connectivity index (χ4v) is 3.45. The van der Waals surface area contributed by atoms with Crippen LogP contribution in [0.5, 0.6) is 0 Å². The first-order valence-corrected chi connectivity index (χ1v) is 6.74. The van der Waals surface area contributed by atoms with Gasteiger partial charge in [-0.15, -0.1) is 12.4 Å². The highest BCUT2D eigenvalue weighted by Crippen LogP contribution is 2.28. The molecule has 0 amide bonds. The van der Waals surface area contributed by atoms with Crippen LogP contribution in [-0.4, -0.2) is 33.4 Å². The van der Waals surface area contributed by atoms with E-state index in [1.807, 2.05) is 0 Å². The summed E-state index contributed by atoms with van der Waals surface area (Å²) in [6.07, 6.45) is 1.55. The predicted octanol–water partition coefficient (Wildman–Crippen LogP) is 1.12. The van der Waals surface area contributed by atoms with Crippen molar-refractivity contribution in [2.45, 2.75) is 18.1 Å². The molecule has 7 heteroatoms. The molecule has 2 unspecified atom stereocenters. The standard InChI is InChI=1S/C10H15NO4S.ClH/c1-2-15-16(12,13)10-7-11-6-8(10)9-4-3-5-14-9;/h3-5,8,10-11H,2,6-7H2,1H3;1H. The molecule has 0 aliphatic carbocycles. The van der Waals surface area contributed by atoms with Crippen LogP contribution in [0.1, 0.15) is 18.6 Å². The van der Waals surface area contributed by atoms with Gasteiger partial charge in [-0.05, 0) is 19.1 Å². The lowest BCUT2D eigenvalue weighted by Gasteiger charge is -2.16. The van der Waals surface area contributed by atoms with Gasteiger partial charge in [0, 0.05) is 19.0 Å². The monoisotopic (exact) mass is 281 g/mol. The molecule has 0 aromatic carbocycles. The van der Waals surface area contributed by atoms with Crippen LogP contribution in [0.15, 0.2) is 22.8 Å². The van der Waals surface area contributed by atoms with Crippen molar-refractivity contribution in [2.24, 2.45) is 0 Å². The third kappa shape index (κ3) is 3.01. The number of halogens is 1. The van der Waals surface area contributed by atoms with Crippen LogP contribution in [0.2, 0.25) is 0 Å². The predicted molar refractivity (Wildman–Crippen MR) is 65.9 cm³/mol. The molecule has 0 saturated carbocycles. The van der Waals surface area contributed by atoms with Gasteiger partial charge in [0.2, 0.25) is 0 Å². The van der Waals surface area contributed by atoms with Crippen molar-refractivity contribution in [3.05, 3.63) is 24.2 Å². The van der Waals surface area contributed by atoms with E-state index in [9.17, 15) is 8.42 Å². The van der Waals surface area contributed by atoms with Crippen molar-refractivity contribution in [1.82, 2.24) is 5.32 Å². The Labute approximate surface area is 107 Å². The second kappa shape index (κ2) is 5.86. The zero-order valence-corrected chi connectivity index (χ0v) is 11.1. The summed E-state index contributed by atoms with van der Waals surface area (Å²) in [5.74, 6) is 0.532. The molecule has 2 rings (SSSR count). The number of nitrogens with one attached hydrogen (secondary N) is 1. The van der Waals surface area contributed by atoms with Crippen molar-refractivity contribution in [1.29, 1.82) is 0 Å². The van der Waals surface area contributed by atoms with E-state index in [0.29, 0.717) is 18.8 Å². The second-order valence-electron chi connectivity index (χ2n) is 3.72. The molecular formula is C10H16ClNO4S. The molecule has 1 N–H and O–H groups in total. The SMILES string of the molecule is CCOS(=O)(=O)C1CNCC1c1ccco1.Cl. The van der Waals surface area contributed by atoms with E-state index in [-0.39, 0.29) is 24.9 Å². The van der Waals surface area contributed by atoms with Crippen molar-refractivity contribution in [3.8, 4) is 0 Å². The summed E-state index contributed by atoms with van der Waals surface area (Å²) in [4.78, 5) is 0. The Morgan fingerprint density at radius 1 is 1.53 bits per heavy atom. The first-order chi connectivity index (χ1) is 7.65. The minimum absolute atomic E-state index is 0. The third-order valence-electron chi connectivity index (χ3n) is 2.72. The Morgan fingerprint density at radius 2 is 2.29 bits per heavy atom. The molecule has 1 aliphatic rings. The molecule has 0 radical (unpaired) electrons. The summed E-state index contributed by atoms with van der Waals surface area (Å²) < 4.78 is 33.8. The van der Waals surface area contributed by atoms with Crippen LogP contribution in [-0.2, 0) is 14.3 Å². The Hall–Kier alpha value is -0.560. The first-order valence-electron chi connectivity index (χ1n) is 5.27. The fraction of sp³-hybridized carbons (Fsp3) is 0.600. The molecule has 98 valence electrons. The van der Waals surface area contributed by atoms with Gasteiger partial charge in [0.05, 0.1) is 12.9 Å². The van der Waals surface area contributed by atoms with Gasteiger partial charge >= 0.3 is 0 Å². The van der Waals surface area contributed by atoms with E-state index in [1.54, 1.807) is 25.3 Å². The van der Waals surface area contributed by atoms with Crippen LogP contribution in [0, 0.1) is 0 Å². The van der Waals surface area contributed by atoms with Crippen LogP contribution in [0.3, 0.4) is 0 Å². The van der Waals surface area contributed by atoms with Crippen LogP contribution < -0.4 is 5.32 Å². The normalized spacial score (nSPS) is 24.5. The number of rotatable bonds is 4. The van der Waals surface area contributed by atoms with Crippen LogP contribution >= 0.6 is 12.4 Å². The molecule has 0 bridgehead atoms. The average Bonchev–Trinajstić information content (AvgIpc) is 2.88. The highest BCUT2D eigenvalue weighted by molar-refractivity contribution is 7.87. The van der Waals surface area contributed by atoms with Gasteiger partial charge in [-0.2, -0.15) is 8.42 Å². The second-order valence-corrected chi connectivity index (χ2v) is 5.54. The zero-order chi connectivity index (χ0) is 11.6. The lowest BCUT2D eigenvalue weighted by atomic mass is 10.1. The van der Waals surface area contributed by atoms with Gasteiger partial charge in [-0.3, -0.25) is 4.18 Å². The molecule has 2 atom stereocenters. The maximum atomic E-state index is 11.8. The van der Waals surface area contributed by atoms with Gasteiger partial charge < -0.3 is 9.73 Å². The highest BCUT2D eigenvalue weighted by atomic mass is 35.5. The quantitative estimate of drug-likeness (QED) is 0.838. The van der Waals surface area contributed by atoms with E-state index in [0.717, 1.165) is 0 Å². The molecule has 1 aliphatic heterocycles. The molecule has 0 spiro atoms. The summed E-state index contributed by atoms with van der Waals surface area (Å²) in [6, 6.07) is 3.56. The molecule has 17 heavy (non-hydrogen) atoms. The largest absolute Gasteiger partial charge is 0.469 e. The Morgan fingerprint density at radius 3 is 2.88 bits per heavy atom. The van der Waals surface area contributed by atoms with Crippen LogP contribution in [0.4, 0.5) is 0 Å². The van der Waals surface area contributed by atoms with Gasteiger partial charge in [0.1, 0.15) is 11.0 Å². The number of hydrogen-bond donors (Lipinski definition) is 1. The maximum Gasteiger partial charge on any atom is 0.272 e. The first kappa shape index (κ1) is 14.5. The Balaban J connectivity index is 0.00000144. The molecular weight excluding hydrogens is 266 g/mol. The molecule has 1 aromatic rings. The molecule has 2 heterocycles. The van der Waals surface area contributed by atoms with Crippen molar-refractivity contribution in [2.75, 3.05) is 19.7 Å². The van der Waals surface area contributed by atoms with E-state index >= 15 is 0 Å². The molecule has 1 saturated heterocycles. The highest BCUT2D eigenvalue weighted by Gasteiger charge is 2.40. The van der Waals surface area contributed by atoms with Crippen molar-refractivity contribution >= 4 is 22.5 Å². The number of hydrogen-bond acceptors (Lipinski definition) is 5. The van der Waals surface area contributed by atoms with Gasteiger partial charge in [-0.1, -0.05) is 0 Å². The van der Waals surface area contributed by atoms with E-state index < -0.39 is 15.4 Å². The number of furan rings is 1. The summed E-state index contributed by atoms with van der Waals surface area (Å²) in [5, 5.41) is 2.50. The Bertz CT molecular complexity index is 431. The summed E-state index contributed by atoms with van der Waals surface area (Å²) in [5.41, 5.74) is 0. The zero-order valence-electron chi connectivity index (χ0n) is 9.46. The molecule has 1 fully saturated rings. The van der Waals surface area contributed by atoms with E-state index in [2.05, 4.69) is 5.32 Å². The van der Waals surface area contributed by atoms with Gasteiger partial charge in [-0.25, -0.2) is 0 Å². The maximum absolute atomic E-state index is 11.8. The average molecular weight is 282 g/mol. The van der Waals surface area contributed by atoms with E-state index in [4.69, 9.17) is 8.60 Å². The summed E-state index contributed by atoms with van der Waals surface area (Å²) in [7, 11) is -3.51. The lowest BCUT2D eigenvalue weighted by Crippen LogP contribution is -2.29. The lowest BCUT2D eigenvalue weighted by molar-refractivity contribution is 0.327. The van der Waals surface area contributed by atoms with Crippen molar-refractivity contribution in [3.63, 3.8) is 0 Å². The van der Waals surface area contributed by atoms with Gasteiger partial charge in [0.15, 0.2) is 0 Å². The smallest absolute Gasteiger partial charge is 0.272 e. The topological polar surface area (TPSA) is 68.5 Å². The fourth-order valence-electron chi connectivity index (χ4n) is 2.00. The van der Waals surface area contributed by atoms with Gasteiger partial charge in [0.25, 0.3) is 10.1 Å². The minimum Gasteiger partial charge on any atom is -0.469 e. The molecule has 1 aromatic heterocycles.